The van der Waals surface area contributed by atoms with Crippen molar-refractivity contribution in [2.75, 3.05) is 12.3 Å². The molecule has 0 radical (unpaired) electrons. The largest absolute Gasteiger partial charge is 0.393 e. The molecule has 0 atom stereocenters. The van der Waals surface area contributed by atoms with Gasteiger partial charge in [-0.15, -0.1) is 0 Å². The molecule has 21 heavy (non-hydrogen) atoms. The van der Waals surface area contributed by atoms with E-state index in [9.17, 15) is 19.3 Å². The molecule has 7 heteroatoms. The highest BCUT2D eigenvalue weighted by molar-refractivity contribution is 6.01. The van der Waals surface area contributed by atoms with Crippen LogP contribution in [0.15, 0.2) is 12.1 Å². The Morgan fingerprint density at radius 2 is 2.05 bits per heavy atom. The van der Waals surface area contributed by atoms with Crippen LogP contribution in [0.1, 0.15) is 36.0 Å². The minimum Gasteiger partial charge on any atom is -0.393 e. The van der Waals surface area contributed by atoms with Gasteiger partial charge < -0.3 is 10.6 Å². The normalized spacial score (nSPS) is 17.6. The molecular weight excluding hydrogens is 277 g/mol. The van der Waals surface area contributed by atoms with Gasteiger partial charge >= 0.3 is 0 Å². The predicted octanol–water partition coefficient (Wildman–Crippen LogP) is 2.33. The van der Waals surface area contributed by atoms with Gasteiger partial charge in [-0.1, -0.05) is 0 Å². The van der Waals surface area contributed by atoms with E-state index in [0.717, 1.165) is 37.8 Å². The molecule has 2 aliphatic carbocycles. The molecule has 0 heterocycles. The number of hydrogen-bond acceptors (Lipinski definition) is 4. The van der Waals surface area contributed by atoms with Gasteiger partial charge in [-0.05, 0) is 37.7 Å². The lowest BCUT2D eigenvalue weighted by atomic mass is 10.1. The summed E-state index contributed by atoms with van der Waals surface area (Å²) in [5.74, 6) is -0.717. The fourth-order valence-corrected chi connectivity index (χ4v) is 2.45. The van der Waals surface area contributed by atoms with Crippen molar-refractivity contribution in [1.29, 1.82) is 0 Å². The Kier molecular flexibility index (Phi) is 3.27. The fourth-order valence-electron chi connectivity index (χ4n) is 2.45. The van der Waals surface area contributed by atoms with Gasteiger partial charge in [-0.3, -0.25) is 14.9 Å². The van der Waals surface area contributed by atoms with E-state index in [0.29, 0.717) is 12.5 Å². The summed E-state index contributed by atoms with van der Waals surface area (Å²) in [5, 5.41) is 10.9. The molecule has 1 aromatic carbocycles. The number of anilines is 1. The number of carbonyl (C=O) groups is 1. The molecule has 2 aliphatic rings. The van der Waals surface area contributed by atoms with Crippen LogP contribution >= 0.6 is 0 Å². The maximum atomic E-state index is 13.6. The summed E-state index contributed by atoms with van der Waals surface area (Å²) < 4.78 is 13.6. The van der Waals surface area contributed by atoms with E-state index < -0.39 is 22.3 Å². The number of amides is 1. The Bertz CT molecular complexity index is 612. The topological polar surface area (TPSA) is 89.5 Å². The molecule has 2 N–H and O–H groups in total. The molecule has 0 aromatic heterocycles. The lowest BCUT2D eigenvalue weighted by Gasteiger charge is -2.23. The summed E-state index contributed by atoms with van der Waals surface area (Å²) in [4.78, 5) is 24.4. The Morgan fingerprint density at radius 1 is 1.38 bits per heavy atom. The zero-order chi connectivity index (χ0) is 15.1. The first-order chi connectivity index (χ1) is 9.97. The van der Waals surface area contributed by atoms with Crippen LogP contribution in [-0.4, -0.2) is 28.3 Å². The maximum absolute atomic E-state index is 13.6. The van der Waals surface area contributed by atoms with Crippen molar-refractivity contribution in [3.8, 4) is 0 Å². The van der Waals surface area contributed by atoms with E-state index in [1.807, 2.05) is 0 Å². The third-order valence-electron chi connectivity index (χ3n) is 3.95. The van der Waals surface area contributed by atoms with Crippen molar-refractivity contribution in [2.45, 2.75) is 31.7 Å². The van der Waals surface area contributed by atoms with E-state index in [-0.39, 0.29) is 17.3 Å². The second-order valence-electron chi connectivity index (χ2n) is 5.78. The summed E-state index contributed by atoms with van der Waals surface area (Å²) in [6.45, 7) is 0.632. The van der Waals surface area contributed by atoms with Gasteiger partial charge in [0.05, 0.1) is 16.6 Å². The first kappa shape index (κ1) is 13.8. The van der Waals surface area contributed by atoms with Crippen LogP contribution in [0.2, 0.25) is 0 Å². The molecule has 2 fully saturated rings. The van der Waals surface area contributed by atoms with E-state index >= 15 is 0 Å². The molecule has 112 valence electrons. The van der Waals surface area contributed by atoms with Gasteiger partial charge in [0.15, 0.2) is 0 Å². The summed E-state index contributed by atoms with van der Waals surface area (Å²) >= 11 is 0. The molecule has 0 aliphatic heterocycles. The number of rotatable bonds is 5. The Balaban J connectivity index is 1.93. The number of nitrogen functional groups attached to an aromatic ring is 1. The second kappa shape index (κ2) is 4.98. The summed E-state index contributed by atoms with van der Waals surface area (Å²) in [5.41, 5.74) is 4.79. The minimum atomic E-state index is -0.818. The molecule has 0 unspecified atom stereocenters. The van der Waals surface area contributed by atoms with E-state index in [2.05, 4.69) is 0 Å². The quantitative estimate of drug-likeness (QED) is 0.512. The smallest absolute Gasteiger partial charge is 0.295 e. The monoisotopic (exact) mass is 293 g/mol. The SMILES string of the molecule is Nc1c(C(=O)N(CC2CC2)C2CC2)cc(F)cc1[N+](=O)[O-]. The molecule has 6 nitrogen and oxygen atoms in total. The van der Waals surface area contributed by atoms with Gasteiger partial charge in [-0.2, -0.15) is 0 Å². The number of nitro groups is 1. The van der Waals surface area contributed by atoms with Gasteiger partial charge in [0.25, 0.3) is 11.6 Å². The van der Waals surface area contributed by atoms with Gasteiger partial charge in [0, 0.05) is 12.6 Å². The van der Waals surface area contributed by atoms with Crippen LogP contribution in [0, 0.1) is 21.8 Å². The lowest BCUT2D eigenvalue weighted by Crippen LogP contribution is -2.35. The fraction of sp³-hybridized carbons (Fsp3) is 0.500. The number of hydrogen-bond donors (Lipinski definition) is 1. The van der Waals surface area contributed by atoms with Crippen LogP contribution in [0.25, 0.3) is 0 Å². The molecule has 0 saturated heterocycles. The van der Waals surface area contributed by atoms with E-state index in [4.69, 9.17) is 5.73 Å². The highest BCUT2D eigenvalue weighted by Crippen LogP contribution is 2.37. The van der Waals surface area contributed by atoms with Crippen LogP contribution in [0.5, 0.6) is 0 Å². The van der Waals surface area contributed by atoms with E-state index in [1.165, 1.54) is 0 Å². The number of carbonyl (C=O) groups excluding carboxylic acids is 1. The van der Waals surface area contributed by atoms with Gasteiger partial charge in [0.1, 0.15) is 11.5 Å². The highest BCUT2D eigenvalue weighted by atomic mass is 19.1. The van der Waals surface area contributed by atoms with Crippen molar-refractivity contribution in [3.63, 3.8) is 0 Å². The zero-order valence-corrected chi connectivity index (χ0v) is 11.4. The first-order valence-electron chi connectivity index (χ1n) is 7.01. The highest BCUT2D eigenvalue weighted by Gasteiger charge is 2.38. The van der Waals surface area contributed by atoms with Crippen LogP contribution in [-0.2, 0) is 0 Å². The predicted molar refractivity (Wildman–Crippen MR) is 74.2 cm³/mol. The van der Waals surface area contributed by atoms with Crippen molar-refractivity contribution in [3.05, 3.63) is 33.6 Å². The summed E-state index contributed by atoms with van der Waals surface area (Å²) in [7, 11) is 0. The average molecular weight is 293 g/mol. The Labute approximate surface area is 120 Å². The third-order valence-corrected chi connectivity index (χ3v) is 3.95. The van der Waals surface area contributed by atoms with Crippen molar-refractivity contribution in [2.24, 2.45) is 5.92 Å². The maximum Gasteiger partial charge on any atom is 0.295 e. The number of nitrogens with zero attached hydrogens (tertiary/aromatic N) is 2. The molecule has 1 amide bonds. The zero-order valence-electron chi connectivity index (χ0n) is 11.4. The second-order valence-corrected chi connectivity index (χ2v) is 5.78. The first-order valence-corrected chi connectivity index (χ1v) is 7.01. The summed E-state index contributed by atoms with van der Waals surface area (Å²) in [6, 6.07) is 1.90. The molecular formula is C14H16FN3O3. The third kappa shape index (κ3) is 2.81. The number of halogens is 1. The van der Waals surface area contributed by atoms with Gasteiger partial charge in [-0.25, -0.2) is 4.39 Å². The molecule has 0 spiro atoms. The lowest BCUT2D eigenvalue weighted by molar-refractivity contribution is -0.384. The summed E-state index contributed by atoms with van der Waals surface area (Å²) in [6.07, 6.45) is 4.04. The average Bonchev–Trinajstić information content (AvgIpc) is 3.29. The van der Waals surface area contributed by atoms with Crippen molar-refractivity contribution in [1.82, 2.24) is 4.90 Å². The molecule has 0 bridgehead atoms. The number of nitro benzene ring substituents is 1. The van der Waals surface area contributed by atoms with E-state index in [1.54, 1.807) is 4.90 Å². The standard InChI is InChI=1S/C14H16FN3O3/c15-9-5-11(13(16)12(6-9)18(20)21)14(19)17(10-3-4-10)7-8-1-2-8/h5-6,8,10H,1-4,7,16H2. The van der Waals surface area contributed by atoms with Crippen molar-refractivity contribution < 1.29 is 14.1 Å². The van der Waals surface area contributed by atoms with Crippen LogP contribution in [0.3, 0.4) is 0 Å². The molecule has 3 rings (SSSR count). The molecule has 2 saturated carbocycles. The Hall–Kier alpha value is -2.18. The van der Waals surface area contributed by atoms with Crippen molar-refractivity contribution >= 4 is 17.3 Å². The van der Waals surface area contributed by atoms with Crippen LogP contribution in [0.4, 0.5) is 15.8 Å². The number of benzene rings is 1. The Morgan fingerprint density at radius 3 is 2.57 bits per heavy atom. The molecule has 1 aromatic rings. The van der Waals surface area contributed by atoms with Gasteiger partial charge in [0.2, 0.25) is 0 Å². The van der Waals surface area contributed by atoms with Crippen LogP contribution < -0.4 is 5.73 Å². The minimum absolute atomic E-state index is 0.103. The number of nitrogens with two attached hydrogens (primary N) is 1.